The molecular formula is C18H18BrNO5. The molecule has 0 radical (unpaired) electrons. The molecule has 2 saturated carbocycles. The third kappa shape index (κ3) is 2.56. The summed E-state index contributed by atoms with van der Waals surface area (Å²) < 4.78 is 10.4. The second kappa shape index (κ2) is 6.12. The van der Waals surface area contributed by atoms with Gasteiger partial charge in [0, 0.05) is 11.6 Å². The second-order valence-corrected chi connectivity index (χ2v) is 7.81. The van der Waals surface area contributed by atoms with E-state index in [2.05, 4.69) is 21.2 Å². The molecule has 1 aromatic carbocycles. The second-order valence-electron chi connectivity index (χ2n) is 6.75. The number of ether oxygens (including phenoxy) is 2. The first kappa shape index (κ1) is 16.6. The Morgan fingerprint density at radius 3 is 2.68 bits per heavy atom. The molecule has 0 spiro atoms. The maximum Gasteiger partial charge on any atom is 0.338 e. The highest BCUT2D eigenvalue weighted by molar-refractivity contribution is 9.09. The van der Waals surface area contributed by atoms with Gasteiger partial charge in [-0.2, -0.15) is 0 Å². The highest BCUT2D eigenvalue weighted by Crippen LogP contribution is 2.60. The van der Waals surface area contributed by atoms with Crippen LogP contribution < -0.4 is 5.32 Å². The van der Waals surface area contributed by atoms with Gasteiger partial charge in [-0.05, 0) is 43.5 Å². The van der Waals surface area contributed by atoms with Gasteiger partial charge in [0.2, 0.25) is 5.91 Å². The summed E-state index contributed by atoms with van der Waals surface area (Å²) in [5, 5.41) is 2.87. The molecule has 3 aliphatic rings. The molecule has 1 amide bonds. The van der Waals surface area contributed by atoms with Gasteiger partial charge >= 0.3 is 11.9 Å². The predicted octanol–water partition coefficient (Wildman–Crippen LogP) is 2.37. The molecule has 0 unspecified atom stereocenters. The first-order valence-corrected chi connectivity index (χ1v) is 9.35. The minimum Gasteiger partial charge on any atom is -0.462 e. The summed E-state index contributed by atoms with van der Waals surface area (Å²) in [5.74, 6) is -1.25. The lowest BCUT2D eigenvalue weighted by Gasteiger charge is -2.27. The number of anilines is 1. The molecule has 4 rings (SSSR count). The van der Waals surface area contributed by atoms with E-state index in [9.17, 15) is 14.4 Å². The summed E-state index contributed by atoms with van der Waals surface area (Å²) >= 11 is 3.60. The molecule has 2 aliphatic carbocycles. The standard InChI is InChI=1S/C18H18BrNO5/c1-2-24-17(22)8-3-5-9(6-4-8)20-16(21)12-10-7-11-13(12)18(23)25-15(11)14(10)19/h3-6,10-15H,2,7H2,1H3,(H,20,21)/t10-,11-,12-,13+,14-,15+/m1/s1. The van der Waals surface area contributed by atoms with Crippen LogP contribution in [0.5, 0.6) is 0 Å². The normalized spacial score (nSPS) is 34.7. The Hall–Kier alpha value is -1.89. The van der Waals surface area contributed by atoms with E-state index < -0.39 is 5.97 Å². The lowest BCUT2D eigenvalue weighted by molar-refractivity contribution is -0.145. The number of carbonyl (C=O) groups excluding carboxylic acids is 3. The minimum atomic E-state index is -0.393. The van der Waals surface area contributed by atoms with Crippen molar-refractivity contribution in [3.05, 3.63) is 29.8 Å². The van der Waals surface area contributed by atoms with Crippen molar-refractivity contribution in [2.24, 2.45) is 23.7 Å². The molecule has 1 saturated heterocycles. The molecule has 0 aromatic heterocycles. The molecule has 6 atom stereocenters. The number of fused-ring (bicyclic) bond motifs is 1. The average molecular weight is 408 g/mol. The molecule has 1 aromatic rings. The van der Waals surface area contributed by atoms with E-state index in [0.717, 1.165) is 6.42 Å². The van der Waals surface area contributed by atoms with Gasteiger partial charge in [0.25, 0.3) is 0 Å². The number of benzene rings is 1. The van der Waals surface area contributed by atoms with E-state index in [0.29, 0.717) is 17.9 Å². The van der Waals surface area contributed by atoms with E-state index in [-0.39, 0.29) is 46.5 Å². The molecule has 1 aliphatic heterocycles. The minimum absolute atomic E-state index is 0.0436. The van der Waals surface area contributed by atoms with Crippen LogP contribution in [0.3, 0.4) is 0 Å². The maximum absolute atomic E-state index is 12.8. The molecule has 1 heterocycles. The van der Waals surface area contributed by atoms with E-state index in [1.54, 1.807) is 31.2 Å². The van der Waals surface area contributed by atoms with Gasteiger partial charge in [-0.1, -0.05) is 15.9 Å². The molecule has 3 fully saturated rings. The van der Waals surface area contributed by atoms with E-state index in [4.69, 9.17) is 9.47 Å². The quantitative estimate of drug-likeness (QED) is 0.611. The van der Waals surface area contributed by atoms with E-state index >= 15 is 0 Å². The number of hydrogen-bond donors (Lipinski definition) is 1. The largest absolute Gasteiger partial charge is 0.462 e. The Kier molecular flexibility index (Phi) is 4.06. The van der Waals surface area contributed by atoms with Gasteiger partial charge in [-0.15, -0.1) is 0 Å². The van der Waals surface area contributed by atoms with E-state index in [1.165, 1.54) is 0 Å². The van der Waals surface area contributed by atoms with Gasteiger partial charge in [-0.25, -0.2) is 4.79 Å². The van der Waals surface area contributed by atoms with Crippen LogP contribution in [0.15, 0.2) is 24.3 Å². The van der Waals surface area contributed by atoms with Crippen molar-refractivity contribution in [1.29, 1.82) is 0 Å². The van der Waals surface area contributed by atoms with Crippen molar-refractivity contribution >= 4 is 39.5 Å². The van der Waals surface area contributed by atoms with Gasteiger partial charge in [0.1, 0.15) is 6.10 Å². The van der Waals surface area contributed by atoms with Crippen molar-refractivity contribution in [3.63, 3.8) is 0 Å². The molecule has 7 heteroatoms. The zero-order valence-corrected chi connectivity index (χ0v) is 15.2. The van der Waals surface area contributed by atoms with Crippen molar-refractivity contribution in [2.75, 3.05) is 11.9 Å². The zero-order chi connectivity index (χ0) is 17.7. The number of esters is 2. The number of alkyl halides is 1. The third-order valence-electron chi connectivity index (χ3n) is 5.49. The van der Waals surface area contributed by atoms with Crippen LogP contribution in [0, 0.1) is 23.7 Å². The Morgan fingerprint density at radius 1 is 1.28 bits per heavy atom. The zero-order valence-electron chi connectivity index (χ0n) is 13.6. The molecule has 132 valence electrons. The summed E-state index contributed by atoms with van der Waals surface area (Å²) in [6.45, 7) is 2.06. The van der Waals surface area contributed by atoms with Crippen LogP contribution in [0.2, 0.25) is 0 Å². The SMILES string of the molecule is CCOC(=O)c1ccc(NC(=O)[C@@H]2[C@H]3C[C@H]4[C@H](OC(=O)[C@@H]42)[C@@H]3Br)cc1. The number of rotatable bonds is 4. The predicted molar refractivity (Wildman–Crippen MR) is 92.2 cm³/mol. The molecular weight excluding hydrogens is 390 g/mol. The van der Waals surface area contributed by atoms with Gasteiger partial charge < -0.3 is 14.8 Å². The van der Waals surface area contributed by atoms with Crippen LogP contribution in [0.1, 0.15) is 23.7 Å². The fraction of sp³-hybridized carbons (Fsp3) is 0.500. The summed E-state index contributed by atoms with van der Waals surface area (Å²) in [6, 6.07) is 6.56. The molecule has 2 bridgehead atoms. The average Bonchev–Trinajstić information content (AvgIpc) is 3.20. The number of hydrogen-bond acceptors (Lipinski definition) is 5. The monoisotopic (exact) mass is 407 g/mol. The molecule has 6 nitrogen and oxygen atoms in total. The van der Waals surface area contributed by atoms with Gasteiger partial charge in [0.05, 0.1) is 28.8 Å². The van der Waals surface area contributed by atoms with Crippen LogP contribution >= 0.6 is 15.9 Å². The smallest absolute Gasteiger partial charge is 0.338 e. The number of carbonyl (C=O) groups is 3. The number of nitrogens with one attached hydrogen (secondary N) is 1. The Balaban J connectivity index is 1.47. The lowest BCUT2D eigenvalue weighted by Crippen LogP contribution is -2.40. The summed E-state index contributed by atoms with van der Waals surface area (Å²) in [6.07, 6.45) is 0.757. The first-order valence-electron chi connectivity index (χ1n) is 8.44. The third-order valence-corrected chi connectivity index (χ3v) is 6.69. The highest BCUT2D eigenvalue weighted by Gasteiger charge is 2.67. The van der Waals surface area contributed by atoms with Crippen LogP contribution in [0.4, 0.5) is 5.69 Å². The van der Waals surface area contributed by atoms with Crippen LogP contribution in [0.25, 0.3) is 0 Å². The fourth-order valence-electron chi connectivity index (χ4n) is 4.46. The van der Waals surface area contributed by atoms with Crippen molar-refractivity contribution in [3.8, 4) is 0 Å². The van der Waals surface area contributed by atoms with Crippen LogP contribution in [-0.4, -0.2) is 35.4 Å². The van der Waals surface area contributed by atoms with Gasteiger partial charge in [-0.3, -0.25) is 9.59 Å². The Bertz CT molecular complexity index is 733. The summed E-state index contributed by atoms with van der Waals surface area (Å²) in [7, 11) is 0. The summed E-state index contributed by atoms with van der Waals surface area (Å²) in [4.78, 5) is 36.6. The molecule has 1 N–H and O–H groups in total. The first-order chi connectivity index (χ1) is 12.0. The number of halogens is 1. The highest BCUT2D eigenvalue weighted by atomic mass is 79.9. The maximum atomic E-state index is 12.8. The Labute approximate surface area is 153 Å². The van der Waals surface area contributed by atoms with E-state index in [1.807, 2.05) is 0 Å². The molecule has 25 heavy (non-hydrogen) atoms. The summed E-state index contributed by atoms with van der Waals surface area (Å²) in [5.41, 5.74) is 1.03. The van der Waals surface area contributed by atoms with Crippen LogP contribution in [-0.2, 0) is 19.1 Å². The van der Waals surface area contributed by atoms with Crippen molar-refractivity contribution in [1.82, 2.24) is 0 Å². The van der Waals surface area contributed by atoms with Crippen molar-refractivity contribution < 1.29 is 23.9 Å². The topological polar surface area (TPSA) is 81.7 Å². The fourth-order valence-corrected chi connectivity index (χ4v) is 5.50. The Morgan fingerprint density at radius 2 is 2.00 bits per heavy atom. The van der Waals surface area contributed by atoms with Crippen molar-refractivity contribution in [2.45, 2.75) is 24.3 Å². The number of amides is 1. The van der Waals surface area contributed by atoms with Gasteiger partial charge in [0.15, 0.2) is 0 Å². The lowest BCUT2D eigenvalue weighted by atomic mass is 9.79.